The summed E-state index contributed by atoms with van der Waals surface area (Å²) in [5, 5.41) is 4.26. The molecule has 1 fully saturated rings. The lowest BCUT2D eigenvalue weighted by atomic mass is 10.00. The molecule has 1 aliphatic heterocycles. The van der Waals surface area contributed by atoms with Crippen LogP contribution in [0.2, 0.25) is 0 Å². The Bertz CT molecular complexity index is 782. The van der Waals surface area contributed by atoms with Gasteiger partial charge in [0.25, 0.3) is 5.78 Å². The van der Waals surface area contributed by atoms with Crippen LogP contribution in [-0.2, 0) is 6.54 Å². The van der Waals surface area contributed by atoms with E-state index in [-0.39, 0.29) is 0 Å². The molecule has 0 saturated carbocycles. The zero-order valence-electron chi connectivity index (χ0n) is 12.1. The summed E-state index contributed by atoms with van der Waals surface area (Å²) >= 11 is 0. The third kappa shape index (κ3) is 2.05. The molecule has 0 aromatic carbocycles. The molecular weight excluding hydrogens is 266 g/mol. The summed E-state index contributed by atoms with van der Waals surface area (Å²) in [6.45, 7) is 7.10. The summed E-state index contributed by atoms with van der Waals surface area (Å²) in [6, 6.07) is 2.07. The maximum atomic E-state index is 4.38. The van der Waals surface area contributed by atoms with Crippen LogP contribution in [0.5, 0.6) is 0 Å². The molecule has 4 rings (SSSR count). The third-order valence-electron chi connectivity index (χ3n) is 4.02. The van der Waals surface area contributed by atoms with Crippen LogP contribution >= 0.6 is 0 Å². The van der Waals surface area contributed by atoms with Crippen molar-refractivity contribution < 1.29 is 0 Å². The fourth-order valence-corrected chi connectivity index (χ4v) is 2.88. The van der Waals surface area contributed by atoms with Gasteiger partial charge in [0.2, 0.25) is 0 Å². The highest BCUT2D eigenvalue weighted by Crippen LogP contribution is 2.26. The van der Waals surface area contributed by atoms with E-state index in [4.69, 9.17) is 0 Å². The first kappa shape index (κ1) is 12.3. The molecule has 108 valence electrons. The van der Waals surface area contributed by atoms with Gasteiger partial charge in [-0.2, -0.15) is 14.6 Å². The van der Waals surface area contributed by atoms with Gasteiger partial charge >= 0.3 is 0 Å². The van der Waals surface area contributed by atoms with Crippen LogP contribution in [0.25, 0.3) is 5.78 Å². The minimum Gasteiger partial charge on any atom is -0.356 e. The fraction of sp³-hybridized carbons (Fsp3) is 0.429. The van der Waals surface area contributed by atoms with Crippen molar-refractivity contribution in [1.29, 1.82) is 0 Å². The van der Waals surface area contributed by atoms with E-state index in [0.717, 1.165) is 37.0 Å². The van der Waals surface area contributed by atoms with Crippen LogP contribution in [0.3, 0.4) is 0 Å². The quantitative estimate of drug-likeness (QED) is 0.719. The van der Waals surface area contributed by atoms with E-state index in [1.807, 2.05) is 30.8 Å². The zero-order chi connectivity index (χ0) is 14.4. The normalized spacial score (nSPS) is 15.6. The Morgan fingerprint density at radius 3 is 2.86 bits per heavy atom. The molecule has 7 heteroatoms. The molecule has 1 saturated heterocycles. The van der Waals surface area contributed by atoms with E-state index in [2.05, 4.69) is 35.6 Å². The number of aryl methyl sites for hydroxylation is 2. The van der Waals surface area contributed by atoms with Crippen molar-refractivity contribution in [3.63, 3.8) is 0 Å². The second kappa shape index (κ2) is 4.54. The Balaban J connectivity index is 1.52. The highest BCUT2D eigenvalue weighted by Gasteiger charge is 2.29. The molecule has 0 amide bonds. The van der Waals surface area contributed by atoms with E-state index in [9.17, 15) is 0 Å². The van der Waals surface area contributed by atoms with Crippen molar-refractivity contribution in [2.75, 3.05) is 18.0 Å². The van der Waals surface area contributed by atoms with Crippen molar-refractivity contribution in [3.05, 3.63) is 36.3 Å². The monoisotopic (exact) mass is 283 g/mol. The van der Waals surface area contributed by atoms with Gasteiger partial charge < -0.3 is 9.47 Å². The first-order chi connectivity index (χ1) is 10.2. The van der Waals surface area contributed by atoms with Crippen LogP contribution < -0.4 is 4.90 Å². The van der Waals surface area contributed by atoms with Gasteiger partial charge in [-0.25, -0.2) is 9.97 Å². The molecule has 0 unspecified atom stereocenters. The molecule has 0 aliphatic carbocycles. The third-order valence-corrected chi connectivity index (χ3v) is 4.02. The first-order valence-electron chi connectivity index (χ1n) is 7.11. The molecular formula is C14H17N7. The van der Waals surface area contributed by atoms with Gasteiger partial charge in [0, 0.05) is 49.7 Å². The number of fused-ring (bicyclic) bond motifs is 1. The van der Waals surface area contributed by atoms with Crippen LogP contribution in [0.4, 0.5) is 5.82 Å². The molecule has 7 nitrogen and oxygen atoms in total. The molecule has 0 radical (unpaired) electrons. The summed E-state index contributed by atoms with van der Waals surface area (Å²) in [4.78, 5) is 15.1. The van der Waals surface area contributed by atoms with Gasteiger partial charge in [0.1, 0.15) is 18.0 Å². The molecule has 21 heavy (non-hydrogen) atoms. The molecule has 0 N–H and O–H groups in total. The maximum Gasteiger partial charge on any atom is 0.254 e. The number of aromatic nitrogens is 6. The van der Waals surface area contributed by atoms with E-state index >= 15 is 0 Å². The highest BCUT2D eigenvalue weighted by atomic mass is 15.4. The van der Waals surface area contributed by atoms with Crippen molar-refractivity contribution in [2.24, 2.45) is 5.92 Å². The average Bonchev–Trinajstić information content (AvgIpc) is 3.01. The van der Waals surface area contributed by atoms with E-state index in [1.165, 1.54) is 0 Å². The molecule has 0 spiro atoms. The first-order valence-corrected chi connectivity index (χ1v) is 7.11. The van der Waals surface area contributed by atoms with Crippen LogP contribution in [0.1, 0.15) is 11.5 Å². The van der Waals surface area contributed by atoms with Crippen LogP contribution in [0, 0.1) is 19.8 Å². The van der Waals surface area contributed by atoms with Gasteiger partial charge in [-0.05, 0) is 13.8 Å². The van der Waals surface area contributed by atoms with Gasteiger partial charge in [-0.1, -0.05) is 0 Å². The largest absolute Gasteiger partial charge is 0.356 e. The van der Waals surface area contributed by atoms with Crippen molar-refractivity contribution in [1.82, 2.24) is 29.1 Å². The number of anilines is 1. The van der Waals surface area contributed by atoms with E-state index < -0.39 is 0 Å². The molecule has 0 atom stereocenters. The minimum absolute atomic E-state index is 0.643. The van der Waals surface area contributed by atoms with E-state index in [1.54, 1.807) is 6.33 Å². The Morgan fingerprint density at radius 1 is 1.24 bits per heavy atom. The standard InChI is InChI=1S/C14H17N7/c1-10-5-13(21-14(18-10)16-9-17-21)20-7-12(8-20)6-19-4-3-15-11(19)2/h3-5,9,12H,6-8H2,1-2H3. The smallest absolute Gasteiger partial charge is 0.254 e. The zero-order valence-corrected chi connectivity index (χ0v) is 12.1. The van der Waals surface area contributed by atoms with Gasteiger partial charge in [-0.3, -0.25) is 0 Å². The molecule has 1 aliphatic rings. The fourth-order valence-electron chi connectivity index (χ4n) is 2.88. The van der Waals surface area contributed by atoms with Gasteiger partial charge in [-0.15, -0.1) is 0 Å². The maximum absolute atomic E-state index is 4.38. The Kier molecular flexibility index (Phi) is 2.66. The Hall–Kier alpha value is -2.44. The highest BCUT2D eigenvalue weighted by molar-refractivity contribution is 5.49. The lowest BCUT2D eigenvalue weighted by Crippen LogP contribution is -2.49. The summed E-state index contributed by atoms with van der Waals surface area (Å²) in [5.74, 6) is 3.46. The second-order valence-electron chi connectivity index (χ2n) is 5.63. The van der Waals surface area contributed by atoms with Gasteiger partial charge in [0.15, 0.2) is 0 Å². The number of hydrogen-bond acceptors (Lipinski definition) is 5. The van der Waals surface area contributed by atoms with E-state index in [0.29, 0.717) is 11.7 Å². The molecule has 3 aromatic rings. The second-order valence-corrected chi connectivity index (χ2v) is 5.63. The predicted molar refractivity (Wildman–Crippen MR) is 78.2 cm³/mol. The van der Waals surface area contributed by atoms with Crippen molar-refractivity contribution in [3.8, 4) is 0 Å². The Labute approximate surface area is 122 Å². The summed E-state index contributed by atoms with van der Waals surface area (Å²) in [6.07, 6.45) is 5.46. The molecule has 3 aromatic heterocycles. The molecule has 0 bridgehead atoms. The number of nitrogens with zero attached hydrogens (tertiary/aromatic N) is 7. The number of rotatable bonds is 3. The Morgan fingerprint density at radius 2 is 2.10 bits per heavy atom. The summed E-state index contributed by atoms with van der Waals surface area (Å²) in [5.41, 5.74) is 0.972. The minimum atomic E-state index is 0.643. The topological polar surface area (TPSA) is 64.1 Å². The van der Waals surface area contributed by atoms with Crippen LogP contribution in [0.15, 0.2) is 24.8 Å². The lowest BCUT2D eigenvalue weighted by Gasteiger charge is -2.41. The van der Waals surface area contributed by atoms with Crippen LogP contribution in [-0.4, -0.2) is 42.2 Å². The summed E-state index contributed by atoms with van der Waals surface area (Å²) in [7, 11) is 0. The SMILES string of the molecule is Cc1cc(N2CC(Cn3ccnc3C)C2)n2ncnc2n1. The predicted octanol–water partition coefficient (Wildman–Crippen LogP) is 1.07. The van der Waals surface area contributed by atoms with Gasteiger partial charge in [0.05, 0.1) is 0 Å². The lowest BCUT2D eigenvalue weighted by molar-refractivity contribution is 0.350. The number of imidazole rings is 1. The summed E-state index contributed by atoms with van der Waals surface area (Å²) < 4.78 is 4.02. The molecule has 4 heterocycles. The van der Waals surface area contributed by atoms with Crippen molar-refractivity contribution >= 4 is 11.6 Å². The number of hydrogen-bond donors (Lipinski definition) is 0. The van der Waals surface area contributed by atoms with Crippen molar-refractivity contribution in [2.45, 2.75) is 20.4 Å². The average molecular weight is 283 g/mol.